The van der Waals surface area contributed by atoms with Crippen molar-refractivity contribution in [2.24, 2.45) is 5.73 Å². The highest BCUT2D eigenvalue weighted by Crippen LogP contribution is 2.35. The molecule has 4 N–H and O–H groups in total. The first-order valence-electron chi connectivity index (χ1n) is 6.91. The van der Waals surface area contributed by atoms with Gasteiger partial charge < -0.3 is 15.6 Å². The Labute approximate surface area is 136 Å². The Hall–Kier alpha value is -2.29. The van der Waals surface area contributed by atoms with Crippen LogP contribution in [0.25, 0.3) is 0 Å². The van der Waals surface area contributed by atoms with Crippen LogP contribution in [0, 0.1) is 10.1 Å². The van der Waals surface area contributed by atoms with E-state index in [4.69, 9.17) is 5.73 Å². The summed E-state index contributed by atoms with van der Waals surface area (Å²) < 4.78 is 21.6. The van der Waals surface area contributed by atoms with E-state index in [2.05, 4.69) is 5.32 Å². The van der Waals surface area contributed by atoms with Gasteiger partial charge in [0, 0.05) is 36.5 Å². The molecule has 0 bridgehead atoms. The maximum Gasteiger partial charge on any atom is 0.269 e. The first kappa shape index (κ1) is 17.1. The highest BCUT2D eigenvalue weighted by Gasteiger charge is 2.25. The van der Waals surface area contributed by atoms with Crippen LogP contribution in [0.2, 0.25) is 0 Å². The summed E-state index contributed by atoms with van der Waals surface area (Å²) in [5, 5.41) is 13.2. The Balaban J connectivity index is 2.57. The van der Waals surface area contributed by atoms with Crippen molar-refractivity contribution in [3.63, 3.8) is 0 Å². The molecule has 7 nitrogen and oxygen atoms in total. The predicted molar refractivity (Wildman–Crippen MR) is 89.7 cm³/mol. The van der Waals surface area contributed by atoms with Crippen LogP contribution in [-0.4, -0.2) is 26.8 Å². The maximum atomic E-state index is 11.9. The van der Waals surface area contributed by atoms with E-state index in [-0.39, 0.29) is 5.69 Å². The highest BCUT2D eigenvalue weighted by molar-refractivity contribution is 7.79. The third-order valence-electron chi connectivity index (χ3n) is 3.29. The van der Waals surface area contributed by atoms with Gasteiger partial charge in [-0.15, -0.1) is 0 Å². The number of nitrogens with one attached hydrogen (secondary N) is 1. The summed E-state index contributed by atoms with van der Waals surface area (Å²) in [5.41, 5.74) is 6.88. The summed E-state index contributed by atoms with van der Waals surface area (Å²) in [6.45, 7) is 0.818. The normalized spacial score (nSPS) is 13.3. The third-order valence-corrected chi connectivity index (χ3v) is 4.22. The van der Waals surface area contributed by atoms with E-state index in [1.807, 2.05) is 0 Å². The predicted octanol–water partition coefficient (Wildman–Crippen LogP) is 2.28. The number of hydrogen-bond acceptors (Lipinski definition) is 5. The largest absolute Gasteiger partial charge is 0.384 e. The zero-order valence-electron chi connectivity index (χ0n) is 12.2. The van der Waals surface area contributed by atoms with Gasteiger partial charge in [-0.2, -0.15) is 0 Å². The van der Waals surface area contributed by atoms with Crippen molar-refractivity contribution in [3.8, 4) is 0 Å². The minimum absolute atomic E-state index is 0.135. The van der Waals surface area contributed by atoms with Gasteiger partial charge in [0.15, 0.2) is 11.1 Å². The second-order valence-corrected chi connectivity index (χ2v) is 5.83. The van der Waals surface area contributed by atoms with Gasteiger partial charge in [-0.3, -0.25) is 10.1 Å². The van der Waals surface area contributed by atoms with Gasteiger partial charge in [0.2, 0.25) is 0 Å². The molecule has 2 atom stereocenters. The number of nitrogens with zero attached hydrogens (tertiary/aromatic N) is 1. The topological polar surface area (TPSA) is 118 Å². The molecule has 122 valence electrons. The van der Waals surface area contributed by atoms with Crippen LogP contribution in [0.15, 0.2) is 48.5 Å². The minimum Gasteiger partial charge on any atom is -0.384 e. The number of rotatable bonds is 7. The molecule has 0 amide bonds. The van der Waals surface area contributed by atoms with E-state index < -0.39 is 21.3 Å². The number of nitro benzene ring substituents is 1. The molecule has 2 unspecified atom stereocenters. The SMILES string of the molecule is NCCNc1ccc([N+](=O)[O-])cc1C(c1ccccc1)S(=O)O. The van der Waals surface area contributed by atoms with Crippen LogP contribution in [0.5, 0.6) is 0 Å². The number of hydrogen-bond donors (Lipinski definition) is 3. The Morgan fingerprint density at radius 2 is 1.96 bits per heavy atom. The summed E-state index contributed by atoms with van der Waals surface area (Å²) in [6.07, 6.45) is 0. The van der Waals surface area contributed by atoms with Crippen molar-refractivity contribution in [2.75, 3.05) is 18.4 Å². The van der Waals surface area contributed by atoms with Gasteiger partial charge in [-0.1, -0.05) is 30.3 Å². The molecule has 2 aromatic rings. The van der Waals surface area contributed by atoms with Gasteiger partial charge in [0.1, 0.15) is 5.25 Å². The average Bonchev–Trinajstić information content (AvgIpc) is 2.54. The second kappa shape index (κ2) is 7.82. The van der Waals surface area contributed by atoms with Crippen LogP contribution >= 0.6 is 0 Å². The molecule has 0 aliphatic rings. The van der Waals surface area contributed by atoms with Crippen LogP contribution in [-0.2, 0) is 11.1 Å². The summed E-state index contributed by atoms with van der Waals surface area (Å²) in [6, 6.07) is 12.9. The Morgan fingerprint density at radius 3 is 2.52 bits per heavy atom. The van der Waals surface area contributed by atoms with E-state index in [0.717, 1.165) is 0 Å². The molecule has 0 spiro atoms. The lowest BCUT2D eigenvalue weighted by atomic mass is 10.0. The number of non-ortho nitro benzene ring substituents is 1. The van der Waals surface area contributed by atoms with Crippen LogP contribution in [0.4, 0.5) is 11.4 Å². The van der Waals surface area contributed by atoms with Crippen molar-refractivity contribution >= 4 is 22.5 Å². The third kappa shape index (κ3) is 4.13. The van der Waals surface area contributed by atoms with E-state index in [0.29, 0.717) is 29.9 Å². The quantitative estimate of drug-likeness (QED) is 0.406. The Morgan fingerprint density at radius 1 is 1.26 bits per heavy atom. The van der Waals surface area contributed by atoms with E-state index >= 15 is 0 Å². The van der Waals surface area contributed by atoms with Gasteiger partial charge in [0.05, 0.1) is 4.92 Å². The smallest absolute Gasteiger partial charge is 0.269 e. The fourth-order valence-electron chi connectivity index (χ4n) is 2.28. The number of anilines is 1. The van der Waals surface area contributed by atoms with Crippen molar-refractivity contribution in [3.05, 3.63) is 69.8 Å². The van der Waals surface area contributed by atoms with Gasteiger partial charge in [-0.05, 0) is 11.6 Å². The maximum absolute atomic E-state index is 11.9. The van der Waals surface area contributed by atoms with E-state index in [1.165, 1.54) is 18.2 Å². The Kier molecular flexibility index (Phi) is 5.80. The molecule has 8 heteroatoms. The fraction of sp³-hybridized carbons (Fsp3) is 0.200. The number of nitro groups is 1. The molecule has 2 aromatic carbocycles. The van der Waals surface area contributed by atoms with Crippen molar-refractivity contribution < 1.29 is 13.7 Å². The first-order chi connectivity index (χ1) is 11.0. The van der Waals surface area contributed by atoms with Crippen LogP contribution in [0.3, 0.4) is 0 Å². The summed E-state index contributed by atoms with van der Waals surface area (Å²) in [7, 11) is 0. The first-order valence-corrected chi connectivity index (χ1v) is 8.08. The highest BCUT2D eigenvalue weighted by atomic mass is 32.2. The molecular weight excluding hydrogens is 318 g/mol. The standard InChI is InChI=1S/C15H17N3O4S/c16-8-9-17-14-7-6-12(18(19)20)10-13(14)15(23(21)22)11-4-2-1-3-5-11/h1-7,10,15,17H,8-9,16H2,(H,21,22). The molecule has 0 radical (unpaired) electrons. The summed E-state index contributed by atoms with van der Waals surface area (Å²) >= 11 is -2.24. The van der Waals surface area contributed by atoms with Crippen molar-refractivity contribution in [1.82, 2.24) is 0 Å². The number of benzene rings is 2. The molecule has 0 aliphatic carbocycles. The van der Waals surface area contributed by atoms with E-state index in [9.17, 15) is 18.9 Å². The molecule has 0 heterocycles. The average molecular weight is 335 g/mol. The molecule has 0 fully saturated rings. The molecule has 0 saturated heterocycles. The van der Waals surface area contributed by atoms with Crippen LogP contribution < -0.4 is 11.1 Å². The van der Waals surface area contributed by atoms with Crippen LogP contribution in [0.1, 0.15) is 16.4 Å². The lowest BCUT2D eigenvalue weighted by molar-refractivity contribution is -0.384. The van der Waals surface area contributed by atoms with Gasteiger partial charge in [-0.25, -0.2) is 4.21 Å². The Bertz CT molecular complexity index is 709. The lowest BCUT2D eigenvalue weighted by Gasteiger charge is -2.18. The molecule has 0 aromatic heterocycles. The summed E-state index contributed by atoms with van der Waals surface area (Å²) in [4.78, 5) is 10.5. The second-order valence-electron chi connectivity index (χ2n) is 4.81. The van der Waals surface area contributed by atoms with Crippen molar-refractivity contribution in [2.45, 2.75) is 5.25 Å². The zero-order chi connectivity index (χ0) is 16.8. The molecule has 23 heavy (non-hydrogen) atoms. The van der Waals surface area contributed by atoms with Gasteiger partial charge in [0.25, 0.3) is 5.69 Å². The molecule has 0 saturated carbocycles. The van der Waals surface area contributed by atoms with Crippen molar-refractivity contribution in [1.29, 1.82) is 0 Å². The lowest BCUT2D eigenvalue weighted by Crippen LogP contribution is -2.16. The zero-order valence-corrected chi connectivity index (χ0v) is 13.0. The van der Waals surface area contributed by atoms with Gasteiger partial charge >= 0.3 is 0 Å². The molecular formula is C15H17N3O4S. The fourth-order valence-corrected chi connectivity index (χ4v) is 3.08. The summed E-state index contributed by atoms with van der Waals surface area (Å²) in [5.74, 6) is 0. The van der Waals surface area contributed by atoms with E-state index in [1.54, 1.807) is 30.3 Å². The monoisotopic (exact) mass is 335 g/mol. The molecule has 2 rings (SSSR count). The number of nitrogens with two attached hydrogens (primary N) is 1. The molecule has 0 aliphatic heterocycles. The minimum atomic E-state index is -2.24.